The topological polar surface area (TPSA) is 93.0 Å². The standard InChI is InChI=1S/C30H28N8/c1-29(2)23-15-31-25(35-23)26-32-16-24(36-26)30(3,4)28-34-22(18-38(28)20-13-9-6-10-14-20)21-17-37(27(29)33-21)19-11-7-5-8-12-19/h5-18H,1-4H3,(H,31,35)(H,32,36). The molecule has 38 heavy (non-hydrogen) atoms. The van der Waals surface area contributed by atoms with Crippen LogP contribution >= 0.6 is 0 Å². The number of aromatic amines is 2. The highest BCUT2D eigenvalue weighted by atomic mass is 15.1. The second-order valence-corrected chi connectivity index (χ2v) is 10.9. The summed E-state index contributed by atoms with van der Waals surface area (Å²) < 4.78 is 4.32. The zero-order valence-electron chi connectivity index (χ0n) is 21.8. The van der Waals surface area contributed by atoms with E-state index in [0.29, 0.717) is 11.6 Å². The van der Waals surface area contributed by atoms with E-state index in [2.05, 4.69) is 83.5 Å². The number of imidazole rings is 4. The number of para-hydroxylation sites is 2. The minimum atomic E-state index is -0.483. The molecule has 5 heterocycles. The lowest BCUT2D eigenvalue weighted by molar-refractivity contribution is 0.562. The second kappa shape index (κ2) is 7.89. The lowest BCUT2D eigenvalue weighted by Gasteiger charge is -2.24. The fourth-order valence-electron chi connectivity index (χ4n) is 5.22. The van der Waals surface area contributed by atoms with Crippen LogP contribution in [0.25, 0.3) is 34.4 Å². The van der Waals surface area contributed by atoms with E-state index in [0.717, 1.165) is 45.8 Å². The number of fused-ring (bicyclic) bond motifs is 10. The quantitative estimate of drug-likeness (QED) is 0.314. The number of rotatable bonds is 2. The van der Waals surface area contributed by atoms with Gasteiger partial charge in [-0.1, -0.05) is 36.4 Å². The largest absolute Gasteiger partial charge is 0.338 e. The molecule has 2 aromatic carbocycles. The Morgan fingerprint density at radius 1 is 0.579 bits per heavy atom. The number of aromatic nitrogens is 8. The van der Waals surface area contributed by atoms with Crippen molar-refractivity contribution in [3.05, 3.63) is 108 Å². The van der Waals surface area contributed by atoms with Crippen LogP contribution in [-0.2, 0) is 10.8 Å². The summed E-state index contributed by atoms with van der Waals surface area (Å²) in [5.74, 6) is 3.16. The van der Waals surface area contributed by atoms with Gasteiger partial charge in [0.1, 0.15) is 23.0 Å². The molecule has 0 spiro atoms. The number of nitrogens with zero attached hydrogens (tertiary/aromatic N) is 6. The maximum Gasteiger partial charge on any atom is 0.173 e. The Morgan fingerprint density at radius 3 is 1.37 bits per heavy atom. The number of nitrogens with one attached hydrogen (secondary N) is 2. The van der Waals surface area contributed by atoms with Crippen LogP contribution in [0, 0.1) is 0 Å². The second-order valence-electron chi connectivity index (χ2n) is 10.9. The van der Waals surface area contributed by atoms with Crippen molar-refractivity contribution in [1.29, 1.82) is 0 Å². The van der Waals surface area contributed by atoms with Gasteiger partial charge in [-0.15, -0.1) is 0 Å². The van der Waals surface area contributed by atoms with Crippen LogP contribution in [0.15, 0.2) is 85.5 Å². The molecular formula is C30H28N8. The van der Waals surface area contributed by atoms with Crippen LogP contribution < -0.4 is 0 Å². The minimum Gasteiger partial charge on any atom is -0.338 e. The monoisotopic (exact) mass is 500 g/mol. The molecule has 188 valence electrons. The van der Waals surface area contributed by atoms with Gasteiger partial charge in [0.2, 0.25) is 0 Å². The van der Waals surface area contributed by atoms with Crippen molar-refractivity contribution < 1.29 is 0 Å². The van der Waals surface area contributed by atoms with Gasteiger partial charge in [-0.2, -0.15) is 0 Å². The van der Waals surface area contributed by atoms with E-state index in [4.69, 9.17) is 19.9 Å². The van der Waals surface area contributed by atoms with E-state index in [-0.39, 0.29) is 0 Å². The molecule has 6 aromatic rings. The van der Waals surface area contributed by atoms with Crippen molar-refractivity contribution in [3.63, 3.8) is 0 Å². The molecule has 7 rings (SSSR count). The van der Waals surface area contributed by atoms with E-state index < -0.39 is 10.8 Å². The average Bonchev–Trinajstić information content (AvgIpc) is 3.73. The number of hydrogen-bond donors (Lipinski definition) is 2. The summed E-state index contributed by atoms with van der Waals surface area (Å²) in [6.07, 6.45) is 7.94. The van der Waals surface area contributed by atoms with Gasteiger partial charge in [-0.05, 0) is 52.0 Å². The predicted octanol–water partition coefficient (Wildman–Crippen LogP) is 5.80. The Hall–Kier alpha value is -4.72. The molecule has 8 nitrogen and oxygen atoms in total. The Balaban J connectivity index is 1.55. The zero-order valence-corrected chi connectivity index (χ0v) is 21.8. The molecule has 1 aliphatic heterocycles. The van der Waals surface area contributed by atoms with E-state index in [1.165, 1.54) is 0 Å². The van der Waals surface area contributed by atoms with Gasteiger partial charge in [0.25, 0.3) is 0 Å². The summed E-state index contributed by atoms with van der Waals surface area (Å²) in [6.45, 7) is 8.64. The highest BCUT2D eigenvalue weighted by Gasteiger charge is 2.36. The summed E-state index contributed by atoms with van der Waals surface area (Å²) >= 11 is 0. The van der Waals surface area contributed by atoms with Crippen molar-refractivity contribution in [3.8, 4) is 34.4 Å². The lowest BCUT2D eigenvalue weighted by Crippen LogP contribution is -2.25. The molecule has 0 saturated carbocycles. The highest BCUT2D eigenvalue weighted by molar-refractivity contribution is 5.59. The Bertz CT molecular complexity index is 1630. The van der Waals surface area contributed by atoms with Crippen LogP contribution in [0.2, 0.25) is 0 Å². The molecule has 2 N–H and O–H groups in total. The molecule has 0 saturated heterocycles. The third-order valence-corrected chi connectivity index (χ3v) is 7.58. The van der Waals surface area contributed by atoms with E-state index >= 15 is 0 Å². The number of H-pyrrole nitrogens is 2. The molecule has 0 radical (unpaired) electrons. The lowest BCUT2D eigenvalue weighted by atomic mass is 9.88. The third-order valence-electron chi connectivity index (χ3n) is 7.58. The fraction of sp³-hybridized carbons (Fsp3) is 0.200. The zero-order chi connectivity index (χ0) is 26.1. The number of hydrogen-bond acceptors (Lipinski definition) is 4. The predicted molar refractivity (Wildman–Crippen MR) is 147 cm³/mol. The smallest absolute Gasteiger partial charge is 0.173 e. The highest BCUT2D eigenvalue weighted by Crippen LogP contribution is 2.38. The molecular weight excluding hydrogens is 472 g/mol. The third kappa shape index (κ3) is 3.30. The van der Waals surface area contributed by atoms with Crippen molar-refractivity contribution in [2.75, 3.05) is 0 Å². The summed E-state index contributed by atoms with van der Waals surface area (Å²) in [5.41, 5.74) is 4.63. The minimum absolute atomic E-state index is 0.483. The molecule has 0 amide bonds. The average molecular weight is 501 g/mol. The van der Waals surface area contributed by atoms with E-state index in [1.54, 1.807) is 0 Å². The number of benzene rings is 2. The van der Waals surface area contributed by atoms with Gasteiger partial charge >= 0.3 is 0 Å². The van der Waals surface area contributed by atoms with E-state index in [9.17, 15) is 0 Å². The van der Waals surface area contributed by atoms with Crippen LogP contribution in [0.1, 0.15) is 50.7 Å². The fourth-order valence-corrected chi connectivity index (χ4v) is 5.22. The molecule has 8 heteroatoms. The molecule has 0 fully saturated rings. The maximum absolute atomic E-state index is 5.22. The van der Waals surface area contributed by atoms with Gasteiger partial charge in [0.05, 0.1) is 10.8 Å². The van der Waals surface area contributed by atoms with Gasteiger partial charge in [0, 0.05) is 47.6 Å². The van der Waals surface area contributed by atoms with Gasteiger partial charge in [0.15, 0.2) is 11.6 Å². The first-order chi connectivity index (χ1) is 18.3. The van der Waals surface area contributed by atoms with E-state index in [1.807, 2.05) is 48.8 Å². The van der Waals surface area contributed by atoms with Crippen LogP contribution in [0.4, 0.5) is 0 Å². The summed E-state index contributed by atoms with van der Waals surface area (Å²) in [7, 11) is 0. The molecule has 4 aromatic heterocycles. The molecule has 0 atom stereocenters. The normalized spacial score (nSPS) is 15.3. The van der Waals surface area contributed by atoms with Crippen molar-refractivity contribution >= 4 is 0 Å². The van der Waals surface area contributed by atoms with Crippen LogP contribution in [0.5, 0.6) is 0 Å². The van der Waals surface area contributed by atoms with Crippen LogP contribution in [0.3, 0.4) is 0 Å². The molecule has 0 unspecified atom stereocenters. The first kappa shape index (κ1) is 22.5. The van der Waals surface area contributed by atoms with Crippen molar-refractivity contribution in [1.82, 2.24) is 39.0 Å². The summed E-state index contributed by atoms with van der Waals surface area (Å²) in [6, 6.07) is 20.6. The van der Waals surface area contributed by atoms with Crippen LogP contribution in [-0.4, -0.2) is 39.0 Å². The maximum atomic E-state index is 5.22. The Kier molecular flexibility index (Phi) is 4.67. The molecule has 1 aliphatic rings. The first-order valence-corrected chi connectivity index (χ1v) is 12.7. The van der Waals surface area contributed by atoms with Crippen molar-refractivity contribution in [2.24, 2.45) is 0 Å². The summed E-state index contributed by atoms with van der Waals surface area (Å²) in [5, 5.41) is 0. The molecule has 8 bridgehead atoms. The molecule has 0 aliphatic carbocycles. The first-order valence-electron chi connectivity index (χ1n) is 12.7. The van der Waals surface area contributed by atoms with Gasteiger partial charge in [-0.25, -0.2) is 19.9 Å². The van der Waals surface area contributed by atoms with Gasteiger partial charge in [-0.3, -0.25) is 0 Å². The summed E-state index contributed by atoms with van der Waals surface area (Å²) in [4.78, 5) is 26.9. The SMILES string of the molecule is CC1(C)c2cnc([nH]2)-c2ncc([nH]2)C(C)(C)c2nc(cn2-c2ccccc2)-c2cn(-c3ccccc3)c1n2. The Morgan fingerprint density at radius 2 is 0.974 bits per heavy atom. The Labute approximate surface area is 220 Å². The van der Waals surface area contributed by atoms with Crippen molar-refractivity contribution in [2.45, 2.75) is 38.5 Å². The van der Waals surface area contributed by atoms with Gasteiger partial charge < -0.3 is 19.1 Å².